The highest BCUT2D eigenvalue weighted by Crippen LogP contribution is 2.25. The fourth-order valence-electron chi connectivity index (χ4n) is 2.35. The Balaban J connectivity index is 1.51. The zero-order valence-corrected chi connectivity index (χ0v) is 14.7. The van der Waals surface area contributed by atoms with Crippen molar-refractivity contribution in [2.45, 2.75) is 6.61 Å². The van der Waals surface area contributed by atoms with Gasteiger partial charge in [-0.1, -0.05) is 22.8 Å². The summed E-state index contributed by atoms with van der Waals surface area (Å²) in [5.41, 5.74) is 0.342. The summed E-state index contributed by atoms with van der Waals surface area (Å²) in [6, 6.07) is 11.2. The molecule has 6 nitrogen and oxygen atoms in total. The van der Waals surface area contributed by atoms with Crippen molar-refractivity contribution < 1.29 is 18.5 Å². The fraction of sp³-hybridized carbons (Fsp3) is 0.0556. The molecule has 0 fully saturated rings. The van der Waals surface area contributed by atoms with Gasteiger partial charge < -0.3 is 13.7 Å². The predicted octanol–water partition coefficient (Wildman–Crippen LogP) is 4.52. The van der Waals surface area contributed by atoms with Gasteiger partial charge in [-0.2, -0.15) is 0 Å². The van der Waals surface area contributed by atoms with Crippen molar-refractivity contribution in [2.75, 3.05) is 0 Å². The van der Waals surface area contributed by atoms with Crippen molar-refractivity contribution >= 4 is 39.9 Å². The van der Waals surface area contributed by atoms with E-state index < -0.39 is 5.97 Å². The molecule has 0 bridgehead atoms. The molecule has 0 radical (unpaired) electrons. The zero-order valence-electron chi connectivity index (χ0n) is 13.1. The van der Waals surface area contributed by atoms with E-state index in [4.69, 9.17) is 25.3 Å². The second kappa shape index (κ2) is 6.78. The average molecular weight is 388 g/mol. The van der Waals surface area contributed by atoms with Crippen LogP contribution in [0.4, 0.5) is 0 Å². The van der Waals surface area contributed by atoms with Gasteiger partial charge in [0.25, 0.3) is 0 Å². The Morgan fingerprint density at radius 3 is 2.92 bits per heavy atom. The first-order valence-electron chi connectivity index (χ1n) is 7.50. The van der Waals surface area contributed by atoms with Crippen molar-refractivity contribution in [1.29, 1.82) is 0 Å². The van der Waals surface area contributed by atoms with E-state index in [2.05, 4.69) is 5.16 Å². The average Bonchev–Trinajstić information content (AvgIpc) is 3.31. The normalized spacial score (nSPS) is 11.0. The van der Waals surface area contributed by atoms with Gasteiger partial charge in [-0.3, -0.25) is 4.79 Å². The van der Waals surface area contributed by atoms with Crippen molar-refractivity contribution in [3.05, 3.63) is 74.5 Å². The maximum atomic E-state index is 12.2. The maximum absolute atomic E-state index is 12.2. The van der Waals surface area contributed by atoms with E-state index in [9.17, 15) is 9.59 Å². The number of hydrogen-bond donors (Lipinski definition) is 0. The van der Waals surface area contributed by atoms with E-state index in [-0.39, 0.29) is 23.4 Å². The molecule has 0 unspecified atom stereocenters. The number of hydrogen-bond acceptors (Lipinski definition) is 7. The van der Waals surface area contributed by atoms with Gasteiger partial charge in [-0.15, -0.1) is 11.3 Å². The summed E-state index contributed by atoms with van der Waals surface area (Å²) in [7, 11) is 0. The molecule has 4 aromatic rings. The second-order valence-corrected chi connectivity index (χ2v) is 6.74. The Morgan fingerprint density at radius 1 is 1.23 bits per heavy atom. The Morgan fingerprint density at radius 2 is 2.12 bits per heavy atom. The molecule has 0 N–H and O–H groups in total. The summed E-state index contributed by atoms with van der Waals surface area (Å²) < 4.78 is 15.8. The lowest BCUT2D eigenvalue weighted by Gasteiger charge is -2.03. The van der Waals surface area contributed by atoms with Gasteiger partial charge >= 0.3 is 5.97 Å². The van der Waals surface area contributed by atoms with Crippen LogP contribution in [0.1, 0.15) is 16.2 Å². The molecule has 0 spiro atoms. The van der Waals surface area contributed by atoms with Crippen LogP contribution in [0.3, 0.4) is 0 Å². The largest absolute Gasteiger partial charge is 0.453 e. The molecule has 0 saturated heterocycles. The van der Waals surface area contributed by atoms with Crippen LogP contribution in [0.2, 0.25) is 5.02 Å². The first kappa shape index (κ1) is 16.6. The second-order valence-electron chi connectivity index (χ2n) is 5.35. The summed E-state index contributed by atoms with van der Waals surface area (Å²) in [6.45, 7) is -0.101. The van der Waals surface area contributed by atoms with Gasteiger partial charge in [0.2, 0.25) is 5.76 Å². The molecule has 0 aliphatic carbocycles. The first-order valence-corrected chi connectivity index (χ1v) is 8.76. The number of esters is 1. The molecule has 1 aromatic carbocycles. The molecule has 4 rings (SSSR count). The zero-order chi connectivity index (χ0) is 18.1. The van der Waals surface area contributed by atoms with Crippen LogP contribution in [-0.2, 0) is 11.3 Å². The first-order chi connectivity index (χ1) is 12.6. The molecule has 0 aliphatic heterocycles. The molecule has 0 aliphatic rings. The maximum Gasteiger partial charge on any atom is 0.374 e. The topological polar surface area (TPSA) is 82.5 Å². The number of rotatable bonds is 4. The molecule has 8 heteroatoms. The van der Waals surface area contributed by atoms with Crippen LogP contribution in [0.5, 0.6) is 0 Å². The van der Waals surface area contributed by atoms with Gasteiger partial charge in [-0.25, -0.2) is 4.79 Å². The lowest BCUT2D eigenvalue weighted by molar-refractivity contribution is 0.0428. The Hall–Kier alpha value is -2.90. The monoisotopic (exact) mass is 387 g/mol. The molecule has 0 atom stereocenters. The summed E-state index contributed by atoms with van der Waals surface area (Å²) in [5.74, 6) is -0.355. The Labute approximate surface area is 155 Å². The van der Waals surface area contributed by atoms with Crippen molar-refractivity contribution in [1.82, 2.24) is 5.16 Å². The van der Waals surface area contributed by atoms with Gasteiger partial charge in [0, 0.05) is 17.2 Å². The summed E-state index contributed by atoms with van der Waals surface area (Å²) in [5, 5.41) is 6.49. The van der Waals surface area contributed by atoms with Crippen LogP contribution >= 0.6 is 22.9 Å². The highest BCUT2D eigenvalue weighted by molar-refractivity contribution is 7.13. The molecule has 3 aromatic heterocycles. The van der Waals surface area contributed by atoms with Crippen LogP contribution in [-0.4, -0.2) is 11.1 Å². The van der Waals surface area contributed by atoms with Crippen LogP contribution in [0.15, 0.2) is 61.6 Å². The number of halogens is 1. The molecule has 130 valence electrons. The van der Waals surface area contributed by atoms with Crippen LogP contribution in [0, 0.1) is 0 Å². The van der Waals surface area contributed by atoms with Crippen molar-refractivity contribution in [3.8, 4) is 10.6 Å². The highest BCUT2D eigenvalue weighted by atomic mass is 35.5. The van der Waals surface area contributed by atoms with E-state index in [0.717, 1.165) is 10.9 Å². The minimum atomic E-state index is -0.764. The van der Waals surface area contributed by atoms with Gasteiger partial charge in [-0.05, 0) is 29.6 Å². The fourth-order valence-corrected chi connectivity index (χ4v) is 3.20. The number of nitrogens with zero attached hydrogens (tertiary/aromatic N) is 1. The van der Waals surface area contributed by atoms with Crippen LogP contribution in [0.25, 0.3) is 21.6 Å². The third kappa shape index (κ3) is 3.26. The van der Waals surface area contributed by atoms with E-state index in [1.165, 1.54) is 23.5 Å². The van der Waals surface area contributed by atoms with E-state index in [1.807, 2.05) is 17.5 Å². The molecule has 0 saturated carbocycles. The van der Waals surface area contributed by atoms with Crippen LogP contribution < -0.4 is 5.43 Å². The molecule has 0 amide bonds. The summed E-state index contributed by atoms with van der Waals surface area (Å²) >= 11 is 7.38. The van der Waals surface area contributed by atoms with Gasteiger partial charge in [0.1, 0.15) is 17.9 Å². The number of carbonyl (C=O) groups excluding carboxylic acids is 1. The van der Waals surface area contributed by atoms with Crippen molar-refractivity contribution in [3.63, 3.8) is 0 Å². The third-order valence-electron chi connectivity index (χ3n) is 3.56. The number of ether oxygens (including phenoxy) is 1. The van der Waals surface area contributed by atoms with E-state index in [1.54, 1.807) is 12.1 Å². The molecule has 3 heterocycles. The molecule has 26 heavy (non-hydrogen) atoms. The van der Waals surface area contributed by atoms with Crippen molar-refractivity contribution in [2.24, 2.45) is 0 Å². The predicted molar refractivity (Wildman–Crippen MR) is 96.4 cm³/mol. The minimum absolute atomic E-state index is 0.101. The minimum Gasteiger partial charge on any atom is -0.453 e. The number of carbonyl (C=O) groups is 1. The Bertz CT molecular complexity index is 1150. The third-order valence-corrected chi connectivity index (χ3v) is 4.68. The lowest BCUT2D eigenvalue weighted by Crippen LogP contribution is -2.10. The number of thiophene rings is 1. The van der Waals surface area contributed by atoms with E-state index in [0.29, 0.717) is 21.9 Å². The highest BCUT2D eigenvalue weighted by Gasteiger charge is 2.16. The van der Waals surface area contributed by atoms with Gasteiger partial charge in [0.05, 0.1) is 10.3 Å². The lowest BCUT2D eigenvalue weighted by atomic mass is 10.2. The summed E-state index contributed by atoms with van der Waals surface area (Å²) in [6.07, 6.45) is 0. The number of benzene rings is 1. The summed E-state index contributed by atoms with van der Waals surface area (Å²) in [4.78, 5) is 25.2. The molecular formula is C18H10ClNO5S. The molecular weight excluding hydrogens is 378 g/mol. The van der Waals surface area contributed by atoms with Gasteiger partial charge in [0.15, 0.2) is 11.2 Å². The Kier molecular flexibility index (Phi) is 4.32. The number of aromatic nitrogens is 1. The SMILES string of the molecule is O=C(OCc1cc(-c2cccs2)on1)c1cc(=O)c2cc(Cl)ccc2o1. The van der Waals surface area contributed by atoms with E-state index >= 15 is 0 Å². The number of fused-ring (bicyclic) bond motifs is 1. The quantitative estimate of drug-likeness (QED) is 0.479. The standard InChI is InChI=1S/C18H10ClNO5S/c19-10-3-4-14-12(6-10)13(21)8-16(24-14)18(22)23-9-11-7-15(25-20-11)17-2-1-5-26-17/h1-8H,9H2. The smallest absolute Gasteiger partial charge is 0.374 e.